The highest BCUT2D eigenvalue weighted by Gasteiger charge is 2.23. The molecule has 1 aliphatic carbocycles. The monoisotopic (exact) mass is 134 g/mol. The Kier molecular flexibility index (Phi) is 2.42. The third-order valence-corrected chi connectivity index (χ3v) is 1.78. The smallest absolute Gasteiger partial charge is 0.124 e. The normalized spacial score (nSPS) is 36.7. The van der Waals surface area contributed by atoms with E-state index in [1.807, 2.05) is 0 Å². The summed E-state index contributed by atoms with van der Waals surface area (Å²) in [5.41, 5.74) is 0. The Labute approximate surface area is 53.5 Å². The van der Waals surface area contributed by atoms with E-state index >= 15 is 0 Å². The highest BCUT2D eigenvalue weighted by atomic mass is 19.3. The quantitative estimate of drug-likeness (QED) is 0.583. The van der Waals surface area contributed by atoms with Crippen LogP contribution in [0.15, 0.2) is 0 Å². The van der Waals surface area contributed by atoms with Crippen molar-refractivity contribution in [2.24, 2.45) is 0 Å². The molecule has 1 saturated carbocycles. The number of rotatable bonds is 1. The maximum atomic E-state index is 11.5. The number of aliphatic hydroxyl groups excluding tert-OH is 1. The molecule has 0 aromatic heterocycles. The lowest BCUT2D eigenvalue weighted by atomic mass is 9.95. The molecule has 0 aliphatic heterocycles. The molecular formula is C6H11FO2. The molecule has 0 saturated heterocycles. The molecule has 2 atom stereocenters. The van der Waals surface area contributed by atoms with E-state index < -0.39 is 12.2 Å². The summed E-state index contributed by atoms with van der Waals surface area (Å²) in [4.78, 5) is 3.55. The summed E-state index contributed by atoms with van der Waals surface area (Å²) in [6.07, 6.45) is 2.14. The Morgan fingerprint density at radius 1 is 1.33 bits per heavy atom. The molecule has 0 amide bonds. The highest BCUT2D eigenvalue weighted by molar-refractivity contribution is 4.73. The van der Waals surface area contributed by atoms with Gasteiger partial charge in [0.15, 0.2) is 0 Å². The molecule has 0 aromatic carbocycles. The Morgan fingerprint density at radius 3 is 2.44 bits per heavy atom. The van der Waals surface area contributed by atoms with Crippen LogP contribution >= 0.6 is 0 Å². The third kappa shape index (κ3) is 1.63. The molecule has 1 rings (SSSR count). The van der Waals surface area contributed by atoms with Gasteiger partial charge in [-0.05, 0) is 17.4 Å². The lowest BCUT2D eigenvalue weighted by molar-refractivity contribution is -0.216. The van der Waals surface area contributed by atoms with Crippen LogP contribution in [-0.4, -0.2) is 17.3 Å². The van der Waals surface area contributed by atoms with Crippen LogP contribution in [0.1, 0.15) is 25.7 Å². The Hall–Kier alpha value is -0.150. The minimum atomic E-state index is -0.580. The second-order valence-corrected chi connectivity index (χ2v) is 2.48. The van der Waals surface area contributed by atoms with Gasteiger partial charge in [-0.2, -0.15) is 4.94 Å². The zero-order valence-corrected chi connectivity index (χ0v) is 5.22. The summed E-state index contributed by atoms with van der Waals surface area (Å²) < 4.78 is 11.5. The predicted octanol–water partition coefficient (Wildman–Crippen LogP) is 1.19. The minimum absolute atomic E-state index is 0.557. The van der Waals surface area contributed by atoms with E-state index in [1.54, 1.807) is 0 Å². The summed E-state index contributed by atoms with van der Waals surface area (Å²) in [7, 11) is 0. The summed E-state index contributed by atoms with van der Waals surface area (Å²) in [6, 6.07) is 0. The first kappa shape index (κ1) is 6.96. The first-order valence-electron chi connectivity index (χ1n) is 3.30. The molecule has 3 heteroatoms. The second-order valence-electron chi connectivity index (χ2n) is 2.48. The molecule has 0 radical (unpaired) electrons. The van der Waals surface area contributed by atoms with Crippen molar-refractivity contribution >= 4 is 0 Å². The summed E-state index contributed by atoms with van der Waals surface area (Å²) >= 11 is 0. The zero-order chi connectivity index (χ0) is 6.69. The van der Waals surface area contributed by atoms with Crippen molar-refractivity contribution < 1.29 is 14.6 Å². The molecule has 0 aromatic rings. The summed E-state index contributed by atoms with van der Waals surface area (Å²) in [5, 5.41) is 9.00. The molecule has 0 bridgehead atoms. The number of hydrogen-bond acceptors (Lipinski definition) is 2. The number of aliphatic hydroxyl groups is 1. The van der Waals surface area contributed by atoms with Gasteiger partial charge in [-0.1, -0.05) is 12.8 Å². The summed E-state index contributed by atoms with van der Waals surface area (Å²) in [5.74, 6) is 0. The van der Waals surface area contributed by atoms with Crippen LogP contribution in [0.25, 0.3) is 0 Å². The largest absolute Gasteiger partial charge is 0.390 e. The van der Waals surface area contributed by atoms with Gasteiger partial charge in [-0.25, -0.2) is 0 Å². The van der Waals surface area contributed by atoms with E-state index in [1.165, 1.54) is 0 Å². The van der Waals surface area contributed by atoms with Gasteiger partial charge in [0, 0.05) is 0 Å². The van der Waals surface area contributed by atoms with E-state index in [0.717, 1.165) is 12.8 Å². The van der Waals surface area contributed by atoms with Gasteiger partial charge in [0.05, 0.1) is 6.10 Å². The van der Waals surface area contributed by atoms with Gasteiger partial charge >= 0.3 is 0 Å². The minimum Gasteiger partial charge on any atom is -0.390 e. The average Bonchev–Trinajstić information content (AvgIpc) is 1.89. The van der Waals surface area contributed by atoms with Crippen molar-refractivity contribution in [3.63, 3.8) is 0 Å². The van der Waals surface area contributed by atoms with Crippen molar-refractivity contribution in [2.75, 3.05) is 0 Å². The number of halogens is 1. The topological polar surface area (TPSA) is 29.5 Å². The molecule has 0 spiro atoms. The molecule has 0 heterocycles. The molecule has 9 heavy (non-hydrogen) atoms. The van der Waals surface area contributed by atoms with Gasteiger partial charge in [0.1, 0.15) is 6.10 Å². The average molecular weight is 134 g/mol. The van der Waals surface area contributed by atoms with Gasteiger partial charge in [-0.15, -0.1) is 0 Å². The highest BCUT2D eigenvalue weighted by Crippen LogP contribution is 2.20. The van der Waals surface area contributed by atoms with Crippen LogP contribution in [-0.2, 0) is 4.94 Å². The van der Waals surface area contributed by atoms with Crippen LogP contribution in [0.5, 0.6) is 0 Å². The van der Waals surface area contributed by atoms with Crippen molar-refractivity contribution in [3.05, 3.63) is 0 Å². The molecule has 2 nitrogen and oxygen atoms in total. The maximum Gasteiger partial charge on any atom is 0.124 e. The fraction of sp³-hybridized carbons (Fsp3) is 1.00. The van der Waals surface area contributed by atoms with Crippen LogP contribution < -0.4 is 0 Å². The Balaban J connectivity index is 2.30. The first-order chi connectivity index (χ1) is 4.34. The van der Waals surface area contributed by atoms with Crippen LogP contribution in [0.2, 0.25) is 0 Å². The van der Waals surface area contributed by atoms with Crippen molar-refractivity contribution in [1.82, 2.24) is 0 Å². The fourth-order valence-corrected chi connectivity index (χ4v) is 1.18. The Morgan fingerprint density at radius 2 is 2.00 bits per heavy atom. The number of hydrogen-bond donors (Lipinski definition) is 1. The van der Waals surface area contributed by atoms with E-state index in [4.69, 9.17) is 5.11 Å². The molecular weight excluding hydrogens is 123 g/mol. The summed E-state index contributed by atoms with van der Waals surface area (Å²) in [6.45, 7) is 0. The molecule has 1 aliphatic rings. The van der Waals surface area contributed by atoms with E-state index in [-0.39, 0.29) is 0 Å². The molecule has 54 valence electrons. The SMILES string of the molecule is OC1CCCCC1OF. The Bertz CT molecular complexity index is 87.1. The van der Waals surface area contributed by atoms with Crippen LogP contribution in [0.4, 0.5) is 4.53 Å². The molecule has 1 fully saturated rings. The molecule has 2 unspecified atom stereocenters. The van der Waals surface area contributed by atoms with E-state index in [2.05, 4.69) is 4.94 Å². The lowest BCUT2D eigenvalue weighted by Crippen LogP contribution is -2.29. The first-order valence-corrected chi connectivity index (χ1v) is 3.30. The van der Waals surface area contributed by atoms with Gasteiger partial charge < -0.3 is 5.11 Å². The molecule has 1 N–H and O–H groups in total. The van der Waals surface area contributed by atoms with E-state index in [9.17, 15) is 4.53 Å². The maximum absolute atomic E-state index is 11.5. The van der Waals surface area contributed by atoms with Crippen molar-refractivity contribution in [2.45, 2.75) is 37.9 Å². The van der Waals surface area contributed by atoms with Gasteiger partial charge in [0.2, 0.25) is 0 Å². The van der Waals surface area contributed by atoms with Gasteiger partial charge in [-0.3, -0.25) is 0 Å². The predicted molar refractivity (Wildman–Crippen MR) is 30.5 cm³/mol. The second kappa shape index (κ2) is 3.13. The standard InChI is InChI=1S/C6H11FO2/c7-9-6-4-2-1-3-5(6)8/h5-6,8H,1-4H2. The fourth-order valence-electron chi connectivity index (χ4n) is 1.18. The van der Waals surface area contributed by atoms with Crippen molar-refractivity contribution in [1.29, 1.82) is 0 Å². The lowest BCUT2D eigenvalue weighted by Gasteiger charge is -2.22. The van der Waals surface area contributed by atoms with Crippen LogP contribution in [0, 0.1) is 0 Å². The third-order valence-electron chi connectivity index (χ3n) is 1.78. The van der Waals surface area contributed by atoms with E-state index in [0.29, 0.717) is 12.8 Å². The van der Waals surface area contributed by atoms with Gasteiger partial charge in [0.25, 0.3) is 0 Å². The van der Waals surface area contributed by atoms with Crippen LogP contribution in [0.3, 0.4) is 0 Å². The zero-order valence-electron chi connectivity index (χ0n) is 5.22. The van der Waals surface area contributed by atoms with Crippen molar-refractivity contribution in [3.8, 4) is 0 Å².